The van der Waals surface area contributed by atoms with Crippen LogP contribution in [0.25, 0.3) is 0 Å². The number of benzene rings is 2. The van der Waals surface area contributed by atoms with Gasteiger partial charge in [0, 0.05) is 12.1 Å². The minimum atomic E-state index is -0.860. The van der Waals surface area contributed by atoms with E-state index in [1.807, 2.05) is 58.0 Å². The Balaban J connectivity index is 2.07. The molecule has 144 valence electrons. The molecule has 0 aliphatic heterocycles. The van der Waals surface area contributed by atoms with Gasteiger partial charge in [0.25, 0.3) is 5.91 Å². The van der Waals surface area contributed by atoms with Crippen LogP contribution in [0.1, 0.15) is 45.0 Å². The van der Waals surface area contributed by atoms with Gasteiger partial charge in [-0.05, 0) is 65.0 Å². The van der Waals surface area contributed by atoms with Gasteiger partial charge in [-0.3, -0.25) is 4.79 Å². The summed E-state index contributed by atoms with van der Waals surface area (Å²) in [6.45, 7) is 9.36. The Morgan fingerprint density at radius 3 is 2.00 bits per heavy atom. The maximum Gasteiger partial charge on any atom is 0.339 e. The van der Waals surface area contributed by atoms with Crippen LogP contribution in [-0.4, -0.2) is 35.0 Å². The van der Waals surface area contributed by atoms with Crippen LogP contribution in [0.3, 0.4) is 0 Å². The smallest absolute Gasteiger partial charge is 0.339 e. The number of rotatable bonds is 7. The van der Waals surface area contributed by atoms with Gasteiger partial charge in [0.05, 0.1) is 5.56 Å². The average molecular weight is 369 g/mol. The fourth-order valence-corrected chi connectivity index (χ4v) is 2.91. The number of hydrogen-bond donors (Lipinski definition) is 0. The molecule has 5 nitrogen and oxygen atoms in total. The highest BCUT2D eigenvalue weighted by atomic mass is 16.5. The van der Waals surface area contributed by atoms with E-state index in [0.717, 1.165) is 0 Å². The molecule has 0 aliphatic rings. The lowest BCUT2D eigenvalue weighted by atomic mass is 10.2. The van der Waals surface area contributed by atoms with Crippen molar-refractivity contribution in [1.29, 1.82) is 0 Å². The van der Waals surface area contributed by atoms with E-state index >= 15 is 0 Å². The largest absolute Gasteiger partial charge is 0.457 e. The second-order valence-corrected chi connectivity index (χ2v) is 6.92. The first-order chi connectivity index (χ1) is 12.8. The predicted molar refractivity (Wildman–Crippen MR) is 105 cm³/mol. The van der Waals surface area contributed by atoms with Crippen LogP contribution < -0.4 is 4.74 Å². The first-order valence-corrected chi connectivity index (χ1v) is 9.15. The zero-order valence-corrected chi connectivity index (χ0v) is 16.5. The summed E-state index contributed by atoms with van der Waals surface area (Å²) >= 11 is 0. The molecule has 0 aromatic heterocycles. The molecule has 2 aromatic carbocycles. The summed E-state index contributed by atoms with van der Waals surface area (Å²) in [5.74, 6) is 0.448. The Labute approximate surface area is 160 Å². The SMILES string of the molecule is CC(OC(=O)c1cccc(Oc2ccccc2)c1)C(=O)N(C(C)C)C(C)C. The van der Waals surface area contributed by atoms with Crippen molar-refractivity contribution < 1.29 is 19.1 Å². The van der Waals surface area contributed by atoms with E-state index in [1.165, 1.54) is 0 Å². The van der Waals surface area contributed by atoms with Crippen molar-refractivity contribution in [2.75, 3.05) is 0 Å². The molecule has 1 unspecified atom stereocenters. The summed E-state index contributed by atoms with van der Waals surface area (Å²) < 4.78 is 11.1. The molecule has 2 aromatic rings. The summed E-state index contributed by atoms with van der Waals surface area (Å²) in [5.41, 5.74) is 0.337. The van der Waals surface area contributed by atoms with Gasteiger partial charge in [0.15, 0.2) is 6.10 Å². The van der Waals surface area contributed by atoms with Crippen LogP contribution in [0, 0.1) is 0 Å². The quantitative estimate of drug-likeness (QED) is 0.666. The lowest BCUT2D eigenvalue weighted by Gasteiger charge is -2.32. The number of amides is 1. The Morgan fingerprint density at radius 1 is 0.815 bits per heavy atom. The maximum absolute atomic E-state index is 12.6. The van der Waals surface area contributed by atoms with E-state index in [-0.39, 0.29) is 18.0 Å². The second kappa shape index (κ2) is 9.21. The maximum atomic E-state index is 12.6. The Kier molecular flexibility index (Phi) is 6.99. The van der Waals surface area contributed by atoms with Crippen molar-refractivity contribution >= 4 is 11.9 Å². The van der Waals surface area contributed by atoms with Gasteiger partial charge in [-0.2, -0.15) is 0 Å². The summed E-state index contributed by atoms with van der Waals surface area (Å²) in [4.78, 5) is 26.8. The van der Waals surface area contributed by atoms with Gasteiger partial charge >= 0.3 is 5.97 Å². The van der Waals surface area contributed by atoms with E-state index in [4.69, 9.17) is 9.47 Å². The fraction of sp³-hybridized carbons (Fsp3) is 0.364. The average Bonchev–Trinajstić information content (AvgIpc) is 2.62. The van der Waals surface area contributed by atoms with Crippen LogP contribution in [0.5, 0.6) is 11.5 Å². The van der Waals surface area contributed by atoms with Crippen LogP contribution in [-0.2, 0) is 9.53 Å². The zero-order chi connectivity index (χ0) is 20.0. The van der Waals surface area contributed by atoms with E-state index in [9.17, 15) is 9.59 Å². The molecule has 0 saturated carbocycles. The third kappa shape index (κ3) is 5.58. The molecule has 0 spiro atoms. The molecule has 0 aliphatic carbocycles. The van der Waals surface area contributed by atoms with Crippen molar-refractivity contribution in [1.82, 2.24) is 4.90 Å². The standard InChI is InChI=1S/C22H27NO4/c1-15(2)23(16(3)4)21(24)17(5)26-22(25)18-10-9-13-20(14-18)27-19-11-7-6-8-12-19/h6-17H,1-5H3. The molecule has 0 radical (unpaired) electrons. The van der Waals surface area contributed by atoms with E-state index in [1.54, 1.807) is 36.1 Å². The molecule has 5 heteroatoms. The second-order valence-electron chi connectivity index (χ2n) is 6.92. The number of hydrogen-bond acceptors (Lipinski definition) is 4. The van der Waals surface area contributed by atoms with Crippen molar-refractivity contribution in [2.24, 2.45) is 0 Å². The lowest BCUT2D eigenvalue weighted by molar-refractivity contribution is -0.143. The number of esters is 1. The highest BCUT2D eigenvalue weighted by molar-refractivity contribution is 5.92. The summed E-state index contributed by atoms with van der Waals surface area (Å²) in [6, 6.07) is 16.1. The predicted octanol–water partition coefficient (Wildman–Crippen LogP) is 4.67. The highest BCUT2D eigenvalue weighted by Gasteiger charge is 2.28. The van der Waals surface area contributed by atoms with Gasteiger partial charge in [-0.25, -0.2) is 4.79 Å². The van der Waals surface area contributed by atoms with Gasteiger partial charge in [0.2, 0.25) is 0 Å². The van der Waals surface area contributed by atoms with E-state index in [0.29, 0.717) is 17.1 Å². The molecule has 0 saturated heterocycles. The summed E-state index contributed by atoms with van der Waals surface area (Å²) in [7, 11) is 0. The van der Waals surface area contributed by atoms with E-state index < -0.39 is 12.1 Å². The van der Waals surface area contributed by atoms with Crippen LogP contribution in [0.4, 0.5) is 0 Å². The molecule has 0 bridgehead atoms. The lowest BCUT2D eigenvalue weighted by Crippen LogP contribution is -2.47. The number of ether oxygens (including phenoxy) is 2. The normalized spacial score (nSPS) is 12.0. The number of para-hydroxylation sites is 1. The first-order valence-electron chi connectivity index (χ1n) is 9.15. The van der Waals surface area contributed by atoms with Crippen LogP contribution in [0.15, 0.2) is 54.6 Å². The van der Waals surface area contributed by atoms with Gasteiger partial charge < -0.3 is 14.4 Å². The van der Waals surface area contributed by atoms with Gasteiger partial charge in [-0.15, -0.1) is 0 Å². The molecule has 0 N–H and O–H groups in total. The number of carbonyl (C=O) groups is 2. The van der Waals surface area contributed by atoms with Crippen molar-refractivity contribution in [3.8, 4) is 11.5 Å². The molecular weight excluding hydrogens is 342 g/mol. The highest BCUT2D eigenvalue weighted by Crippen LogP contribution is 2.22. The van der Waals surface area contributed by atoms with Crippen molar-refractivity contribution in [2.45, 2.75) is 52.8 Å². The van der Waals surface area contributed by atoms with Gasteiger partial charge in [-0.1, -0.05) is 24.3 Å². The minimum absolute atomic E-state index is 0.0289. The number of nitrogens with zero attached hydrogens (tertiary/aromatic N) is 1. The molecular formula is C22H27NO4. The Bertz CT molecular complexity index is 763. The van der Waals surface area contributed by atoms with E-state index in [2.05, 4.69) is 0 Å². The molecule has 0 heterocycles. The zero-order valence-electron chi connectivity index (χ0n) is 16.5. The third-order valence-electron chi connectivity index (χ3n) is 4.05. The Morgan fingerprint density at radius 2 is 1.41 bits per heavy atom. The van der Waals surface area contributed by atoms with Crippen molar-refractivity contribution in [3.05, 3.63) is 60.2 Å². The Hall–Kier alpha value is -2.82. The van der Waals surface area contributed by atoms with Crippen LogP contribution >= 0.6 is 0 Å². The molecule has 1 amide bonds. The summed E-state index contributed by atoms with van der Waals surface area (Å²) in [5, 5.41) is 0. The van der Waals surface area contributed by atoms with Crippen molar-refractivity contribution in [3.63, 3.8) is 0 Å². The first kappa shape index (κ1) is 20.5. The fourth-order valence-electron chi connectivity index (χ4n) is 2.91. The van der Waals surface area contributed by atoms with Crippen LogP contribution in [0.2, 0.25) is 0 Å². The molecule has 2 rings (SSSR count). The topological polar surface area (TPSA) is 55.8 Å². The molecule has 27 heavy (non-hydrogen) atoms. The third-order valence-corrected chi connectivity index (χ3v) is 4.05. The molecule has 0 fully saturated rings. The van der Waals surface area contributed by atoms with Gasteiger partial charge in [0.1, 0.15) is 11.5 Å². The summed E-state index contributed by atoms with van der Waals surface area (Å²) in [6.07, 6.45) is -0.860. The minimum Gasteiger partial charge on any atom is -0.457 e. The number of carbonyl (C=O) groups excluding carboxylic acids is 2. The molecule has 1 atom stereocenters. The monoisotopic (exact) mass is 369 g/mol.